The van der Waals surface area contributed by atoms with Gasteiger partial charge in [0.05, 0.1) is 22.9 Å². The van der Waals surface area contributed by atoms with Gasteiger partial charge in [0.25, 0.3) is 0 Å². The molecule has 1 unspecified atom stereocenters. The van der Waals surface area contributed by atoms with E-state index in [1.807, 2.05) is 0 Å². The van der Waals surface area contributed by atoms with E-state index in [9.17, 15) is 24.3 Å². The van der Waals surface area contributed by atoms with Gasteiger partial charge in [0.1, 0.15) is 25.7 Å². The summed E-state index contributed by atoms with van der Waals surface area (Å²) in [6.07, 6.45) is 4.26. The van der Waals surface area contributed by atoms with Gasteiger partial charge in [0, 0.05) is 6.54 Å². The number of aliphatic hydroxyl groups excluding tert-OH is 1. The lowest BCUT2D eigenvalue weighted by Crippen LogP contribution is -2.36. The van der Waals surface area contributed by atoms with Crippen LogP contribution < -0.4 is 10.6 Å². The number of hydrogen-bond acceptors (Lipinski definition) is 9. The second kappa shape index (κ2) is 13.9. The van der Waals surface area contributed by atoms with Crippen LogP contribution in [0.15, 0.2) is 56.2 Å². The molecule has 0 saturated carbocycles. The van der Waals surface area contributed by atoms with Gasteiger partial charge in [-0.3, -0.25) is 9.59 Å². The molecule has 1 aromatic rings. The molecule has 10 nitrogen and oxygen atoms in total. The fourth-order valence-electron chi connectivity index (χ4n) is 3.60. The summed E-state index contributed by atoms with van der Waals surface area (Å²) < 4.78 is 15.2. The molecule has 0 bridgehead atoms. The van der Waals surface area contributed by atoms with Gasteiger partial charge in [-0.2, -0.15) is 0 Å². The number of aliphatic hydroxyl groups is 1. The Labute approximate surface area is 214 Å². The van der Waals surface area contributed by atoms with Crippen molar-refractivity contribution < 1.29 is 38.5 Å². The quantitative estimate of drug-likeness (QED) is 0.155. The zero-order chi connectivity index (χ0) is 26.7. The average Bonchev–Trinajstić information content (AvgIpc) is 3.34. The first-order valence-corrected chi connectivity index (χ1v) is 11.4. The molecule has 0 spiro atoms. The summed E-state index contributed by atoms with van der Waals surface area (Å²) in [5, 5.41) is 14.9. The molecule has 1 aromatic carbocycles. The monoisotopic (exact) mass is 516 g/mol. The van der Waals surface area contributed by atoms with Crippen LogP contribution in [0.3, 0.4) is 0 Å². The number of rotatable bonds is 13. The Kier molecular flexibility index (Phi) is 11.0. The van der Waals surface area contributed by atoms with Crippen molar-refractivity contribution in [1.82, 2.24) is 5.32 Å². The van der Waals surface area contributed by atoms with Crippen LogP contribution in [0, 0.1) is 11.8 Å². The van der Waals surface area contributed by atoms with Crippen molar-refractivity contribution in [3.05, 3.63) is 67.3 Å². The van der Waals surface area contributed by atoms with Gasteiger partial charge in [-0.15, -0.1) is 0 Å². The van der Waals surface area contributed by atoms with Crippen LogP contribution in [0.5, 0.6) is 0 Å². The van der Waals surface area contributed by atoms with E-state index in [4.69, 9.17) is 26.4 Å². The van der Waals surface area contributed by atoms with E-state index in [1.54, 1.807) is 0 Å². The van der Waals surface area contributed by atoms with E-state index >= 15 is 0 Å². The van der Waals surface area contributed by atoms with Crippen LogP contribution in [0.4, 0.5) is 5.69 Å². The number of benzene rings is 1. The summed E-state index contributed by atoms with van der Waals surface area (Å²) in [4.78, 5) is 50.7. The number of esters is 3. The third-order valence-electron chi connectivity index (χ3n) is 5.23. The molecule has 3 N–H and O–H groups in total. The molecule has 3 atom stereocenters. The highest BCUT2D eigenvalue weighted by Crippen LogP contribution is 2.28. The number of para-hydroxylation sites is 1. The molecule has 11 heteroatoms. The minimum atomic E-state index is -1.11. The number of carbonyl (C=O) groups excluding carboxylic acids is 4. The molecule has 0 aromatic heterocycles. The van der Waals surface area contributed by atoms with Crippen molar-refractivity contribution in [1.29, 1.82) is 0 Å². The second-order valence-corrected chi connectivity index (χ2v) is 8.10. The van der Waals surface area contributed by atoms with Crippen LogP contribution in [0.25, 0.3) is 0 Å². The Morgan fingerprint density at radius 2 is 1.56 bits per heavy atom. The topological polar surface area (TPSA) is 140 Å². The summed E-state index contributed by atoms with van der Waals surface area (Å²) in [6.45, 7) is 10.4. The van der Waals surface area contributed by atoms with Gasteiger partial charge in [0.2, 0.25) is 5.91 Å². The van der Waals surface area contributed by atoms with Crippen LogP contribution in [-0.2, 0) is 23.8 Å². The van der Waals surface area contributed by atoms with Crippen molar-refractivity contribution in [2.45, 2.75) is 12.5 Å². The highest BCUT2D eigenvalue weighted by atomic mass is 32.1. The average molecular weight is 517 g/mol. The van der Waals surface area contributed by atoms with E-state index < -0.39 is 46.7 Å². The lowest BCUT2D eigenvalue weighted by atomic mass is 9.90. The number of hydrogen-bond donors (Lipinski definition) is 3. The highest BCUT2D eigenvalue weighted by Gasteiger charge is 2.41. The maximum absolute atomic E-state index is 13.1. The number of anilines is 1. The van der Waals surface area contributed by atoms with Crippen molar-refractivity contribution in [2.24, 2.45) is 11.8 Å². The third-order valence-corrected chi connectivity index (χ3v) is 5.49. The number of thiocarbonyl (C=S) groups is 1. The standard InChI is InChI=1S/C25H28N2O8S/c1-4-10-33-22(29)16-8-7-9-17(23(30)34-11-5-2)20(16)27-21(28)18-13-15(14-26-18)19(25(32)36)24(31)35-12-6-3/h4-9,15,18-19,26H,1-3,10-14H2,(H,27,28)(H,32,36)/t15-,18?,19+/m1/s1. The van der Waals surface area contributed by atoms with Crippen LogP contribution in [-0.4, -0.2) is 66.4 Å². The molecule has 0 radical (unpaired) electrons. The first-order valence-electron chi connectivity index (χ1n) is 11.0. The maximum Gasteiger partial charge on any atom is 0.340 e. The van der Waals surface area contributed by atoms with Crippen LogP contribution in [0.1, 0.15) is 27.1 Å². The molecular weight excluding hydrogens is 488 g/mol. The summed E-state index contributed by atoms with van der Waals surface area (Å²) in [5.41, 5.74) is -0.207. The number of nitrogens with one attached hydrogen (secondary N) is 2. The molecule has 1 amide bonds. The van der Waals surface area contributed by atoms with E-state index in [2.05, 4.69) is 30.4 Å². The molecule has 192 valence electrons. The predicted octanol–water partition coefficient (Wildman–Crippen LogP) is 2.52. The fourth-order valence-corrected chi connectivity index (χ4v) is 3.89. The maximum atomic E-state index is 13.1. The lowest BCUT2D eigenvalue weighted by Gasteiger charge is -2.19. The molecule has 1 aliphatic rings. The van der Waals surface area contributed by atoms with Crippen molar-refractivity contribution in [2.75, 3.05) is 31.7 Å². The summed E-state index contributed by atoms with van der Waals surface area (Å²) in [6, 6.07) is 3.42. The van der Waals surface area contributed by atoms with Crippen LogP contribution in [0.2, 0.25) is 0 Å². The van der Waals surface area contributed by atoms with Gasteiger partial charge in [-0.1, -0.05) is 44.0 Å². The Morgan fingerprint density at radius 1 is 1.03 bits per heavy atom. The van der Waals surface area contributed by atoms with Gasteiger partial charge < -0.3 is 30.0 Å². The van der Waals surface area contributed by atoms with Crippen molar-refractivity contribution in [3.63, 3.8) is 0 Å². The Morgan fingerprint density at radius 3 is 2.06 bits per heavy atom. The minimum absolute atomic E-state index is 0.0501. The van der Waals surface area contributed by atoms with Gasteiger partial charge >= 0.3 is 17.9 Å². The van der Waals surface area contributed by atoms with E-state index in [0.29, 0.717) is 0 Å². The van der Waals surface area contributed by atoms with Crippen LogP contribution >= 0.6 is 12.2 Å². The van der Waals surface area contributed by atoms with E-state index in [0.717, 1.165) is 0 Å². The fraction of sp³-hybridized carbons (Fsp3) is 0.320. The number of carbonyl (C=O) groups is 4. The number of ether oxygens (including phenoxy) is 3. The normalized spacial score (nSPS) is 17.2. The molecule has 2 rings (SSSR count). The van der Waals surface area contributed by atoms with Gasteiger partial charge in [-0.05, 0) is 36.7 Å². The lowest BCUT2D eigenvalue weighted by molar-refractivity contribution is -0.146. The summed E-state index contributed by atoms with van der Waals surface area (Å²) in [5.74, 6) is -4.51. The van der Waals surface area contributed by atoms with E-state index in [1.165, 1.54) is 36.4 Å². The second-order valence-electron chi connectivity index (χ2n) is 7.68. The largest absolute Gasteiger partial charge is 0.501 e. The van der Waals surface area contributed by atoms with Gasteiger partial charge in [-0.25, -0.2) is 9.59 Å². The summed E-state index contributed by atoms with van der Waals surface area (Å²) >= 11 is 4.83. The Balaban J connectivity index is 2.27. The first kappa shape index (κ1) is 28.4. The molecule has 1 saturated heterocycles. The molecule has 1 heterocycles. The molecule has 1 fully saturated rings. The van der Waals surface area contributed by atoms with E-state index in [-0.39, 0.29) is 49.6 Å². The first-order chi connectivity index (χ1) is 17.2. The Bertz CT molecular complexity index is 1010. The third kappa shape index (κ3) is 7.33. The molecule has 0 aliphatic carbocycles. The molecular formula is C25H28N2O8S. The highest BCUT2D eigenvalue weighted by molar-refractivity contribution is 7.80. The smallest absolute Gasteiger partial charge is 0.340 e. The van der Waals surface area contributed by atoms with Gasteiger partial charge in [0.15, 0.2) is 5.05 Å². The summed E-state index contributed by atoms with van der Waals surface area (Å²) in [7, 11) is 0. The Hall–Kier alpha value is -3.83. The van der Waals surface area contributed by atoms with Crippen molar-refractivity contribution >= 4 is 46.8 Å². The molecule has 1 aliphatic heterocycles. The SMILES string of the molecule is C=CCOC(=O)c1cccc(C(=O)OCC=C)c1NC(=O)C1C[C@@H]([C@@H](C(=O)OCC=C)C(O)=S)CN1. The van der Waals surface area contributed by atoms with Crippen molar-refractivity contribution in [3.8, 4) is 0 Å². The predicted molar refractivity (Wildman–Crippen MR) is 136 cm³/mol. The molecule has 36 heavy (non-hydrogen) atoms. The zero-order valence-electron chi connectivity index (χ0n) is 19.6. The number of amides is 1. The minimum Gasteiger partial charge on any atom is -0.501 e. The zero-order valence-corrected chi connectivity index (χ0v) is 20.4.